The van der Waals surface area contributed by atoms with Crippen molar-refractivity contribution in [3.8, 4) is 23.0 Å². The lowest BCUT2D eigenvalue weighted by atomic mass is 10.1. The molecule has 3 heterocycles. The van der Waals surface area contributed by atoms with Crippen molar-refractivity contribution in [2.75, 3.05) is 31.1 Å². The zero-order valence-corrected chi connectivity index (χ0v) is 23.7. The van der Waals surface area contributed by atoms with E-state index in [2.05, 4.69) is 15.4 Å². The summed E-state index contributed by atoms with van der Waals surface area (Å²) in [4.78, 5) is 24.0. The molecule has 0 radical (unpaired) electrons. The molecule has 0 bridgehead atoms. The molecule has 0 saturated carbocycles. The lowest BCUT2D eigenvalue weighted by Gasteiger charge is -2.29. The molecule has 1 aliphatic heterocycles. The lowest BCUT2D eigenvalue weighted by Crippen LogP contribution is -2.43. The monoisotopic (exact) mass is 661 g/mol. The quantitative estimate of drug-likeness (QED) is 0.221. The molecule has 1 fully saturated rings. The fourth-order valence-corrected chi connectivity index (χ4v) is 4.04. The van der Waals surface area contributed by atoms with E-state index in [0.717, 1.165) is 37.3 Å². The zero-order valence-electron chi connectivity index (χ0n) is 23.7. The zero-order chi connectivity index (χ0) is 34.2. The highest BCUT2D eigenvalue weighted by molar-refractivity contribution is 5.96. The van der Waals surface area contributed by atoms with Gasteiger partial charge in [-0.1, -0.05) is 30.3 Å². The topological polar surface area (TPSA) is 150 Å². The van der Waals surface area contributed by atoms with Gasteiger partial charge in [-0.2, -0.15) is 36.4 Å². The van der Waals surface area contributed by atoms with Crippen LogP contribution in [0.3, 0.4) is 0 Å². The third kappa shape index (κ3) is 9.43. The number of anilines is 1. The number of carbonyl (C=O) groups is 2. The average molecular weight is 662 g/mol. The van der Waals surface area contributed by atoms with Crippen LogP contribution in [0.4, 0.5) is 36.4 Å². The Balaban J connectivity index is 0.000000345. The molecule has 11 nitrogen and oxygen atoms in total. The predicted molar refractivity (Wildman–Crippen MR) is 149 cm³/mol. The van der Waals surface area contributed by atoms with Crippen LogP contribution in [0.1, 0.15) is 5.56 Å². The molecular formula is C28H26F7N5O6. The van der Waals surface area contributed by atoms with E-state index < -0.39 is 24.3 Å². The number of piperazine rings is 1. The summed E-state index contributed by atoms with van der Waals surface area (Å²) in [6, 6.07) is 16.4. The molecule has 0 aliphatic carbocycles. The van der Waals surface area contributed by atoms with Crippen LogP contribution in [-0.2, 0) is 23.2 Å². The molecule has 1 aliphatic rings. The average Bonchev–Trinajstić information content (AvgIpc) is 3.30. The molecule has 4 N–H and O–H groups in total. The normalized spacial score (nSPS) is 13.3. The van der Waals surface area contributed by atoms with Gasteiger partial charge < -0.3 is 30.3 Å². The van der Waals surface area contributed by atoms with Gasteiger partial charge in [0.1, 0.15) is 18.1 Å². The molecule has 0 atom stereocenters. The second-order valence-electron chi connectivity index (χ2n) is 9.43. The molecule has 46 heavy (non-hydrogen) atoms. The predicted octanol–water partition coefficient (Wildman–Crippen LogP) is 4.74. The molecule has 4 aromatic rings. The van der Waals surface area contributed by atoms with Crippen LogP contribution >= 0.6 is 0 Å². The first-order valence-electron chi connectivity index (χ1n) is 13.1. The van der Waals surface area contributed by atoms with Crippen molar-refractivity contribution in [3.63, 3.8) is 0 Å². The summed E-state index contributed by atoms with van der Waals surface area (Å²) < 4.78 is 85.9. The fraction of sp³-hybridized carbons (Fsp3) is 0.286. The third-order valence-electron chi connectivity index (χ3n) is 6.20. The van der Waals surface area contributed by atoms with Crippen molar-refractivity contribution in [1.82, 2.24) is 20.1 Å². The Hall–Kier alpha value is -5.13. The third-order valence-corrected chi connectivity index (χ3v) is 6.20. The van der Waals surface area contributed by atoms with Gasteiger partial charge in [-0.15, -0.1) is 0 Å². The Kier molecular flexibility index (Phi) is 11.3. The molecule has 248 valence electrons. The fourth-order valence-electron chi connectivity index (χ4n) is 4.04. The number of nitrogens with zero attached hydrogens (tertiary/aromatic N) is 4. The van der Waals surface area contributed by atoms with Gasteiger partial charge in [-0.25, -0.2) is 14.0 Å². The van der Waals surface area contributed by atoms with E-state index in [1.807, 2.05) is 48.3 Å². The van der Waals surface area contributed by atoms with Gasteiger partial charge in [0.15, 0.2) is 0 Å². The number of halogens is 7. The molecule has 5 rings (SSSR count). The van der Waals surface area contributed by atoms with Gasteiger partial charge in [-0.05, 0) is 23.8 Å². The summed E-state index contributed by atoms with van der Waals surface area (Å²) >= 11 is 0. The number of carboxylic acid groups (broad SMARTS) is 2. The number of hydrogen-bond acceptors (Lipinski definition) is 8. The van der Waals surface area contributed by atoms with Crippen molar-refractivity contribution < 1.29 is 60.4 Å². The minimum atomic E-state index is -5.08. The van der Waals surface area contributed by atoms with E-state index in [4.69, 9.17) is 24.5 Å². The summed E-state index contributed by atoms with van der Waals surface area (Å²) in [5.41, 5.74) is 3.27. The number of rotatable bonds is 5. The van der Waals surface area contributed by atoms with Gasteiger partial charge >= 0.3 is 24.3 Å². The number of pyridine rings is 1. The number of carboxylic acids is 2. The molecule has 2 aromatic heterocycles. The molecule has 0 unspecified atom stereocenters. The Morgan fingerprint density at radius 1 is 0.935 bits per heavy atom. The Morgan fingerprint density at radius 3 is 2.02 bits per heavy atom. The smallest absolute Gasteiger partial charge is 0.490 e. The Labute approximate surface area is 255 Å². The first-order valence-corrected chi connectivity index (χ1v) is 13.1. The number of aromatic nitrogens is 3. The summed E-state index contributed by atoms with van der Waals surface area (Å²) in [6.07, 6.45) is -10.2. The van der Waals surface area contributed by atoms with Gasteiger partial charge in [-0.3, -0.25) is 4.68 Å². The number of fused-ring (bicyclic) bond motifs is 1. The molecule has 2 aromatic carbocycles. The number of benzene rings is 2. The van der Waals surface area contributed by atoms with Crippen LogP contribution in [0.2, 0.25) is 0 Å². The maximum Gasteiger partial charge on any atom is 0.490 e. The molecule has 1 saturated heterocycles. The number of alkyl halides is 6. The van der Waals surface area contributed by atoms with E-state index in [-0.39, 0.29) is 11.7 Å². The van der Waals surface area contributed by atoms with E-state index in [1.54, 1.807) is 16.8 Å². The van der Waals surface area contributed by atoms with Gasteiger partial charge in [0.05, 0.1) is 16.8 Å². The lowest BCUT2D eigenvalue weighted by molar-refractivity contribution is -0.193. The van der Waals surface area contributed by atoms with Crippen molar-refractivity contribution in [2.24, 2.45) is 7.05 Å². The number of hydrogen-bond donors (Lipinski definition) is 4. The number of aliphatic carboxylic acids is 2. The SMILES string of the molecule is Cn1nc(-c2ccc(OCc3ccccc3)nc2O)c2cc(F)c(N3CCNCC3)cc21.O=C(O)C(F)(F)F.O=C(O)C(F)(F)F. The standard InChI is InChI=1S/C24H24FN5O2.2C2HF3O2/c1-29-20-14-21(30-11-9-26-10-12-30)19(25)13-18(20)23(28-29)17-7-8-22(27-24(17)31)32-15-16-5-3-2-4-6-16;2*3-2(4,5)1(6)7/h2-8,13-14,26H,9-12,15H2,1H3,(H,27,31);2*(H,6,7). The van der Waals surface area contributed by atoms with E-state index in [0.29, 0.717) is 34.8 Å². The highest BCUT2D eigenvalue weighted by Crippen LogP contribution is 2.36. The van der Waals surface area contributed by atoms with E-state index in [9.17, 15) is 31.4 Å². The Morgan fingerprint density at radius 2 is 1.50 bits per heavy atom. The van der Waals surface area contributed by atoms with Crippen LogP contribution in [0, 0.1) is 5.82 Å². The van der Waals surface area contributed by atoms with Gasteiger partial charge in [0.25, 0.3) is 0 Å². The molecule has 18 heteroatoms. The molecule has 0 amide bonds. The van der Waals surface area contributed by atoms with Crippen LogP contribution < -0.4 is 15.0 Å². The second kappa shape index (κ2) is 14.8. The van der Waals surface area contributed by atoms with Crippen LogP contribution in [0.5, 0.6) is 11.8 Å². The maximum absolute atomic E-state index is 15.0. The highest BCUT2D eigenvalue weighted by atomic mass is 19.4. The second-order valence-corrected chi connectivity index (χ2v) is 9.43. The minimum Gasteiger partial charge on any atom is -0.493 e. The first-order chi connectivity index (χ1) is 21.5. The minimum absolute atomic E-state index is 0.206. The van der Waals surface area contributed by atoms with Crippen LogP contribution in [-0.4, -0.2) is 80.6 Å². The van der Waals surface area contributed by atoms with Crippen molar-refractivity contribution in [2.45, 2.75) is 19.0 Å². The van der Waals surface area contributed by atoms with Crippen molar-refractivity contribution in [3.05, 3.63) is 66.0 Å². The van der Waals surface area contributed by atoms with Crippen LogP contribution in [0.25, 0.3) is 22.2 Å². The summed E-state index contributed by atoms with van der Waals surface area (Å²) in [5.74, 6) is -5.71. The van der Waals surface area contributed by atoms with E-state index >= 15 is 4.39 Å². The van der Waals surface area contributed by atoms with Crippen molar-refractivity contribution in [1.29, 1.82) is 0 Å². The largest absolute Gasteiger partial charge is 0.493 e. The number of ether oxygens (including phenoxy) is 1. The molecule has 0 spiro atoms. The number of aromatic hydroxyl groups is 1. The summed E-state index contributed by atoms with van der Waals surface area (Å²) in [7, 11) is 1.81. The first kappa shape index (κ1) is 35.4. The molecular weight excluding hydrogens is 635 g/mol. The van der Waals surface area contributed by atoms with Crippen LogP contribution in [0.15, 0.2) is 54.6 Å². The maximum atomic E-state index is 15.0. The number of nitrogens with one attached hydrogen (secondary N) is 1. The summed E-state index contributed by atoms with van der Waals surface area (Å²) in [6.45, 7) is 3.50. The van der Waals surface area contributed by atoms with E-state index in [1.165, 1.54) is 6.07 Å². The summed E-state index contributed by atoms with van der Waals surface area (Å²) in [5, 5.41) is 33.3. The highest BCUT2D eigenvalue weighted by Gasteiger charge is 2.38. The van der Waals surface area contributed by atoms with Gasteiger partial charge in [0.2, 0.25) is 11.8 Å². The van der Waals surface area contributed by atoms with Crippen molar-refractivity contribution >= 4 is 28.5 Å². The Bertz CT molecular complexity index is 1630. The number of aryl methyl sites for hydroxylation is 1. The van der Waals surface area contributed by atoms with Gasteiger partial charge in [0, 0.05) is 44.7 Å².